The molecular formula is C20H24NO4P. The average molecular weight is 373 g/mol. The topological polar surface area (TPSA) is 54.0 Å². The molecule has 4 rings (SSSR count). The molecule has 0 aliphatic carbocycles. The summed E-state index contributed by atoms with van der Waals surface area (Å²) in [4.78, 5) is 13.9. The van der Waals surface area contributed by atoms with Crippen LogP contribution in [0.25, 0.3) is 0 Å². The quantitative estimate of drug-likeness (QED) is 0.775. The van der Waals surface area contributed by atoms with Crippen molar-refractivity contribution in [3.63, 3.8) is 0 Å². The molecular weight excluding hydrogens is 349 g/mol. The second-order valence-corrected chi connectivity index (χ2v) is 9.22. The van der Waals surface area contributed by atoms with Crippen LogP contribution in [0.4, 0.5) is 0 Å². The fourth-order valence-corrected chi connectivity index (χ4v) is 6.71. The fraction of sp³-hybridized carbons (Fsp3) is 0.400. The zero-order valence-electron chi connectivity index (χ0n) is 15.3. The molecule has 0 spiro atoms. The van der Waals surface area contributed by atoms with Gasteiger partial charge in [-0.1, -0.05) is 25.1 Å². The Morgan fingerprint density at radius 3 is 2.50 bits per heavy atom. The van der Waals surface area contributed by atoms with Crippen LogP contribution in [0, 0.1) is 5.92 Å². The molecule has 6 heteroatoms. The summed E-state index contributed by atoms with van der Waals surface area (Å²) in [7, 11) is 0.227. The molecule has 5 nitrogen and oxygen atoms in total. The molecule has 138 valence electrons. The highest BCUT2D eigenvalue weighted by atomic mass is 31.2. The summed E-state index contributed by atoms with van der Waals surface area (Å²) in [5.74, 6) is 1.69. The molecule has 0 aromatic heterocycles. The third kappa shape index (κ3) is 2.71. The van der Waals surface area contributed by atoms with E-state index >= 15 is 0 Å². The molecule has 2 aromatic carbocycles. The minimum atomic E-state index is -3.07. The van der Waals surface area contributed by atoms with Gasteiger partial charge in [0.25, 0.3) is 0 Å². The standard InChI is InChI=1S/C20H24NO4P/c1-14-13-25-26(22,16-7-5-4-6-8-16)21-10-9-15-11-18(23-2)19(24-3)12-17(15)20(14)21/h4-8,11-12,14,20H,9-10,13H2,1-3H3/t14-,20-,26?/m0/s1. The van der Waals surface area contributed by atoms with Crippen LogP contribution in [0.5, 0.6) is 11.5 Å². The predicted molar refractivity (Wildman–Crippen MR) is 101 cm³/mol. The smallest absolute Gasteiger partial charge is 0.208 e. The molecule has 0 amide bonds. The van der Waals surface area contributed by atoms with Crippen molar-refractivity contribution in [2.75, 3.05) is 27.4 Å². The average Bonchev–Trinajstić information content (AvgIpc) is 2.69. The van der Waals surface area contributed by atoms with E-state index in [0.29, 0.717) is 18.9 Å². The molecule has 0 bridgehead atoms. The normalized spacial score (nSPS) is 28.2. The van der Waals surface area contributed by atoms with Gasteiger partial charge in [-0.3, -0.25) is 0 Å². The molecule has 0 N–H and O–H groups in total. The Morgan fingerprint density at radius 1 is 1.12 bits per heavy atom. The summed E-state index contributed by atoms with van der Waals surface area (Å²) in [6.45, 7) is 3.32. The fourth-order valence-electron chi connectivity index (χ4n) is 4.08. The molecule has 1 fully saturated rings. The van der Waals surface area contributed by atoms with Crippen LogP contribution in [0.2, 0.25) is 0 Å². The highest BCUT2D eigenvalue weighted by Gasteiger charge is 2.52. The van der Waals surface area contributed by atoms with Crippen LogP contribution in [0.3, 0.4) is 0 Å². The van der Waals surface area contributed by atoms with Crippen molar-refractivity contribution >= 4 is 13.2 Å². The molecule has 2 aromatic rings. The molecule has 1 unspecified atom stereocenters. The Morgan fingerprint density at radius 2 is 1.81 bits per heavy atom. The minimum absolute atomic E-state index is 0.0401. The van der Waals surface area contributed by atoms with E-state index in [0.717, 1.165) is 17.5 Å². The maximum atomic E-state index is 13.9. The Balaban J connectivity index is 1.81. The number of benzene rings is 2. The van der Waals surface area contributed by atoms with E-state index in [1.54, 1.807) is 14.2 Å². The molecule has 3 atom stereocenters. The number of nitrogens with zero attached hydrogens (tertiary/aromatic N) is 1. The number of hydrogen-bond acceptors (Lipinski definition) is 5. The van der Waals surface area contributed by atoms with Crippen molar-refractivity contribution in [2.45, 2.75) is 19.4 Å². The van der Waals surface area contributed by atoms with E-state index in [-0.39, 0.29) is 12.0 Å². The van der Waals surface area contributed by atoms with Gasteiger partial charge in [-0.05, 0) is 41.8 Å². The van der Waals surface area contributed by atoms with Crippen molar-refractivity contribution in [3.8, 4) is 11.5 Å². The van der Waals surface area contributed by atoms with Crippen molar-refractivity contribution in [2.24, 2.45) is 5.92 Å². The predicted octanol–water partition coefficient (Wildman–Crippen LogP) is 2.72. The van der Waals surface area contributed by atoms with Crippen LogP contribution in [-0.4, -0.2) is 32.0 Å². The van der Waals surface area contributed by atoms with Gasteiger partial charge in [0, 0.05) is 12.5 Å². The largest absolute Gasteiger partial charge is 0.637 e. The second kappa shape index (κ2) is 6.82. The van der Waals surface area contributed by atoms with Crippen LogP contribution in [0.15, 0.2) is 42.5 Å². The van der Waals surface area contributed by atoms with Gasteiger partial charge < -0.3 is 14.4 Å². The van der Waals surface area contributed by atoms with Gasteiger partial charge in [0.15, 0.2) is 11.5 Å². The van der Waals surface area contributed by atoms with E-state index in [2.05, 4.69) is 17.7 Å². The Labute approximate surface area is 155 Å². The number of ether oxygens (including phenoxy) is 2. The maximum absolute atomic E-state index is 13.9. The van der Waals surface area contributed by atoms with Gasteiger partial charge >= 0.3 is 0 Å². The SMILES string of the molecule is COc1cc2c(cc1OC)[C@@H]1[C@@H](C)CO[P+]([O-])(c3ccccc3)N1CC2. The number of hydrogen-bond donors (Lipinski definition) is 0. The van der Waals surface area contributed by atoms with E-state index < -0.39 is 7.87 Å². The van der Waals surface area contributed by atoms with Gasteiger partial charge in [-0.25, -0.2) is 4.52 Å². The monoisotopic (exact) mass is 373 g/mol. The van der Waals surface area contributed by atoms with Crippen LogP contribution in [-0.2, 0) is 10.9 Å². The highest BCUT2D eigenvalue weighted by Crippen LogP contribution is 2.63. The molecule has 0 saturated carbocycles. The van der Waals surface area contributed by atoms with Crippen molar-refractivity contribution < 1.29 is 18.9 Å². The maximum Gasteiger partial charge on any atom is 0.208 e. The van der Waals surface area contributed by atoms with Gasteiger partial charge in [0.05, 0.1) is 26.9 Å². The molecule has 2 aliphatic rings. The van der Waals surface area contributed by atoms with E-state index in [9.17, 15) is 4.89 Å². The summed E-state index contributed by atoms with van der Waals surface area (Å²) < 4.78 is 19.0. The van der Waals surface area contributed by atoms with E-state index in [1.807, 2.05) is 36.4 Å². The summed E-state index contributed by atoms with van der Waals surface area (Å²) >= 11 is 0. The zero-order chi connectivity index (χ0) is 18.3. The second-order valence-electron chi connectivity index (χ2n) is 6.89. The highest BCUT2D eigenvalue weighted by molar-refractivity contribution is 7.69. The van der Waals surface area contributed by atoms with Crippen LogP contribution in [0.1, 0.15) is 24.1 Å². The third-order valence-electron chi connectivity index (χ3n) is 5.37. The summed E-state index contributed by atoms with van der Waals surface area (Å²) in [5.41, 5.74) is 2.40. The molecule has 2 heterocycles. The summed E-state index contributed by atoms with van der Waals surface area (Å²) in [5, 5.41) is 0.765. The van der Waals surface area contributed by atoms with E-state index in [4.69, 9.17) is 14.0 Å². The molecule has 2 aliphatic heterocycles. The number of fused-ring (bicyclic) bond motifs is 3. The lowest BCUT2D eigenvalue weighted by atomic mass is 9.87. The molecule has 0 radical (unpaired) electrons. The first-order valence-corrected chi connectivity index (χ1v) is 10.5. The van der Waals surface area contributed by atoms with Crippen molar-refractivity contribution in [3.05, 3.63) is 53.6 Å². The first-order chi connectivity index (χ1) is 12.6. The van der Waals surface area contributed by atoms with Gasteiger partial charge in [-0.2, -0.15) is 0 Å². The molecule has 1 saturated heterocycles. The third-order valence-corrected chi connectivity index (χ3v) is 7.94. The minimum Gasteiger partial charge on any atom is -0.637 e. The Kier molecular flexibility index (Phi) is 4.66. The van der Waals surface area contributed by atoms with Crippen molar-refractivity contribution in [1.29, 1.82) is 0 Å². The van der Waals surface area contributed by atoms with Gasteiger partial charge in [0.1, 0.15) is 5.30 Å². The number of methoxy groups -OCH3 is 2. The zero-order valence-corrected chi connectivity index (χ0v) is 16.2. The van der Waals surface area contributed by atoms with E-state index in [1.165, 1.54) is 11.1 Å². The van der Waals surface area contributed by atoms with Gasteiger partial charge in [-0.15, -0.1) is 4.67 Å². The summed E-state index contributed by atoms with van der Waals surface area (Å²) in [6.07, 6.45) is 0.805. The first-order valence-electron chi connectivity index (χ1n) is 8.90. The lowest BCUT2D eigenvalue weighted by Crippen LogP contribution is -2.50. The summed E-state index contributed by atoms with van der Waals surface area (Å²) in [6, 6.07) is 13.7. The number of rotatable bonds is 3. The Hall–Kier alpha value is -1.65. The van der Waals surface area contributed by atoms with Crippen LogP contribution >= 0.6 is 7.87 Å². The van der Waals surface area contributed by atoms with Crippen molar-refractivity contribution in [1.82, 2.24) is 4.67 Å². The van der Waals surface area contributed by atoms with Gasteiger partial charge in [0.2, 0.25) is 7.87 Å². The lowest BCUT2D eigenvalue weighted by Gasteiger charge is -2.50. The molecule has 26 heavy (non-hydrogen) atoms. The first kappa shape index (κ1) is 17.7. The Bertz CT molecular complexity index is 800. The lowest BCUT2D eigenvalue weighted by molar-refractivity contribution is -0.213. The van der Waals surface area contributed by atoms with Crippen LogP contribution < -0.4 is 19.7 Å².